The van der Waals surface area contributed by atoms with Gasteiger partial charge in [0, 0.05) is 10.8 Å². The number of nitrogens with zero attached hydrogens (tertiary/aromatic N) is 5. The molecule has 0 saturated heterocycles. The summed E-state index contributed by atoms with van der Waals surface area (Å²) in [7, 11) is -16.5. The lowest BCUT2D eigenvalue weighted by Gasteiger charge is -2.22. The van der Waals surface area contributed by atoms with Crippen LogP contribution >= 0.6 is 0 Å². The number of para-hydroxylation sites is 1. The third kappa shape index (κ3) is 10.7. The number of sulfonamides is 2. The van der Waals surface area contributed by atoms with Gasteiger partial charge in [-0.05, 0) is 58.7 Å². The van der Waals surface area contributed by atoms with Crippen molar-refractivity contribution in [1.82, 2.24) is 19.9 Å². The van der Waals surface area contributed by atoms with Crippen LogP contribution in [-0.2, 0) is 30.2 Å². The Bertz CT molecular complexity index is 3030. The van der Waals surface area contributed by atoms with Crippen LogP contribution in [0.25, 0.3) is 44.1 Å². The van der Waals surface area contributed by atoms with Crippen molar-refractivity contribution in [2.24, 2.45) is 0 Å². The monoisotopic (exact) mass is 925 g/mol. The molecule has 0 atom stereocenters. The molecule has 0 saturated carbocycles. The second-order valence-corrected chi connectivity index (χ2v) is 17.6. The van der Waals surface area contributed by atoms with Gasteiger partial charge in [-0.3, -0.25) is 0 Å². The summed E-state index contributed by atoms with van der Waals surface area (Å²) in [5.41, 5.74) is 2.95. The van der Waals surface area contributed by atoms with Gasteiger partial charge in [0.05, 0.1) is 11.9 Å². The third-order valence-electron chi connectivity index (χ3n) is 7.96. The van der Waals surface area contributed by atoms with Gasteiger partial charge in [-0.15, -0.1) is 0 Å². The second-order valence-electron chi connectivity index (χ2n) is 12.2. The van der Waals surface area contributed by atoms with Gasteiger partial charge in [-0.2, -0.15) is 46.9 Å². The number of halogens is 6. The number of hydrogen-bond donors (Lipinski definition) is 3. The number of aromatic hydroxyl groups is 1. The number of aromatic nitrogens is 4. The molecular weight excluding hydrogens is 893 g/mol. The number of nitrogens with two attached hydrogens (primary N) is 2. The molecule has 0 aliphatic heterocycles. The Morgan fingerprint density at radius 3 is 1.44 bits per heavy atom. The molecule has 328 valence electrons. The molecule has 24 heteroatoms. The van der Waals surface area contributed by atoms with Crippen molar-refractivity contribution in [1.29, 1.82) is 0 Å². The van der Waals surface area contributed by atoms with E-state index in [0.717, 1.165) is 35.7 Å². The van der Waals surface area contributed by atoms with E-state index < -0.39 is 56.3 Å². The van der Waals surface area contributed by atoms with Crippen molar-refractivity contribution in [3.05, 3.63) is 128 Å². The molecule has 5 aromatic carbocycles. The highest BCUT2D eigenvalue weighted by atomic mass is 32.3. The predicted octanol–water partition coefficient (Wildman–Crippen LogP) is 7.63. The van der Waals surface area contributed by atoms with Crippen LogP contribution in [0.5, 0.6) is 11.5 Å². The lowest BCUT2D eigenvalue weighted by molar-refractivity contribution is -0.0500. The highest BCUT2D eigenvalue weighted by molar-refractivity contribution is 8.10. The zero-order valence-corrected chi connectivity index (χ0v) is 33.3. The van der Waals surface area contributed by atoms with Crippen LogP contribution in [-0.4, -0.2) is 67.6 Å². The van der Waals surface area contributed by atoms with E-state index in [4.69, 9.17) is 11.5 Å². The smallest absolute Gasteiger partial charge is 0.506 e. The molecule has 0 amide bonds. The van der Waals surface area contributed by atoms with Crippen LogP contribution in [0.3, 0.4) is 0 Å². The average molecular weight is 926 g/mol. The van der Waals surface area contributed by atoms with E-state index in [9.17, 15) is 56.7 Å². The fourth-order valence-electron chi connectivity index (χ4n) is 5.30. The van der Waals surface area contributed by atoms with Crippen molar-refractivity contribution in [3.8, 4) is 33.8 Å². The Balaban J connectivity index is 0.000000207. The van der Waals surface area contributed by atoms with Crippen LogP contribution in [0.1, 0.15) is 7.43 Å². The Hall–Kier alpha value is -6.79. The number of nitrogen functional groups attached to an aromatic ring is 2. The molecule has 0 fully saturated rings. The minimum atomic E-state index is -6.00. The van der Waals surface area contributed by atoms with E-state index in [1.165, 1.54) is 24.5 Å². The van der Waals surface area contributed by atoms with E-state index in [1.807, 2.05) is 36.4 Å². The van der Waals surface area contributed by atoms with Gasteiger partial charge < -0.3 is 20.8 Å². The van der Waals surface area contributed by atoms with Crippen molar-refractivity contribution in [3.63, 3.8) is 0 Å². The lowest BCUT2D eigenvalue weighted by Crippen LogP contribution is -2.44. The number of benzene rings is 5. The summed E-state index contributed by atoms with van der Waals surface area (Å²) >= 11 is 0. The first kappa shape index (κ1) is 47.9. The second kappa shape index (κ2) is 18.4. The molecule has 2 aromatic heterocycles. The Kier molecular flexibility index (Phi) is 14.2. The number of anilines is 3. The number of alkyl halides is 6. The molecule has 7 aromatic rings. The zero-order chi connectivity index (χ0) is 45.0. The lowest BCUT2D eigenvalue weighted by atomic mass is 10.0. The SMILES string of the molecule is C.CS(=O)(=O)N(c1ccccc1)S(=O)(=O)C(F)(F)F.Nc1ncnc2c(O)cc(-c3ccccc3)cc12.Nc1ncnc2c(OS(=O)(=O)C(F)(F)F)cc(-c3ccccc3)cc12. The van der Waals surface area contributed by atoms with Crippen molar-refractivity contribution in [2.75, 3.05) is 21.4 Å². The number of fused-ring (bicyclic) bond motifs is 2. The number of rotatable bonds is 7. The molecule has 0 bridgehead atoms. The topological polar surface area (TPSA) is 239 Å². The molecule has 2 heterocycles. The van der Waals surface area contributed by atoms with E-state index in [2.05, 4.69) is 24.1 Å². The van der Waals surface area contributed by atoms with Crippen LogP contribution < -0.4 is 19.4 Å². The molecule has 15 nitrogen and oxygen atoms in total. The Labute approximate surface area is 350 Å². The Morgan fingerprint density at radius 1 is 0.581 bits per heavy atom. The number of phenols is 1. The molecule has 0 unspecified atom stereocenters. The highest BCUT2D eigenvalue weighted by Crippen LogP contribution is 2.37. The maximum atomic E-state index is 12.7. The molecule has 0 aliphatic carbocycles. The molecule has 0 radical (unpaired) electrons. The summed E-state index contributed by atoms with van der Waals surface area (Å²) in [6.07, 6.45) is 2.73. The first-order valence-electron chi connectivity index (χ1n) is 16.7. The van der Waals surface area contributed by atoms with E-state index in [0.29, 0.717) is 34.1 Å². The zero-order valence-electron chi connectivity index (χ0n) is 30.8. The van der Waals surface area contributed by atoms with E-state index in [-0.39, 0.29) is 29.9 Å². The summed E-state index contributed by atoms with van der Waals surface area (Å²) in [4.78, 5) is 15.5. The summed E-state index contributed by atoms with van der Waals surface area (Å²) < 4.78 is 147. The maximum absolute atomic E-state index is 12.7. The number of phenolic OH excluding ortho intramolecular Hbond substituents is 1. The normalized spacial score (nSPS) is 11.9. The standard InChI is InChI=1S/C15H10F3N3O3S.C14H11N3O.C8H8F3NO4S2.CH4/c16-15(17,18)25(22,23)24-12-7-10(9-4-2-1-3-5-9)6-11-13(12)20-8-21-14(11)19;15-14-11-6-10(9-4-2-1-3-5-9)7-12(18)13(11)16-8-17-14;1-17(13,14)12(7-5-3-2-4-6-7)18(15,16)8(9,10)11;/h1-8H,(H2,19,20,21);1-8,18H,(H2,15,16,17);2-6H,1H3;1H4. The van der Waals surface area contributed by atoms with Gasteiger partial charge in [0.15, 0.2) is 5.75 Å². The van der Waals surface area contributed by atoms with Gasteiger partial charge in [-0.25, -0.2) is 28.4 Å². The van der Waals surface area contributed by atoms with Gasteiger partial charge in [-0.1, -0.05) is 86.3 Å². The van der Waals surface area contributed by atoms with Crippen molar-refractivity contribution < 1.29 is 60.9 Å². The number of hydrogen-bond acceptors (Lipinski definition) is 14. The first-order valence-corrected chi connectivity index (χ1v) is 21.4. The van der Waals surface area contributed by atoms with E-state index >= 15 is 0 Å². The summed E-state index contributed by atoms with van der Waals surface area (Å²) in [5.74, 6) is -0.117. The third-order valence-corrected chi connectivity index (χ3v) is 12.4. The molecule has 7 rings (SSSR count). The van der Waals surface area contributed by atoms with E-state index in [1.54, 1.807) is 42.5 Å². The largest absolute Gasteiger partial charge is 0.534 e. The first-order chi connectivity index (χ1) is 28.4. The summed E-state index contributed by atoms with van der Waals surface area (Å²) in [6.45, 7) is 0. The van der Waals surface area contributed by atoms with Crippen LogP contribution in [0.2, 0.25) is 0 Å². The quantitative estimate of drug-likeness (QED) is 0.0792. The maximum Gasteiger partial charge on any atom is 0.534 e. The van der Waals surface area contributed by atoms with Crippen molar-refractivity contribution in [2.45, 2.75) is 18.4 Å². The molecule has 0 spiro atoms. The van der Waals surface area contributed by atoms with Crippen LogP contribution in [0.4, 0.5) is 43.7 Å². The fraction of sp³-hybridized carbons (Fsp3) is 0.105. The van der Waals surface area contributed by atoms with Crippen molar-refractivity contribution >= 4 is 69.3 Å². The van der Waals surface area contributed by atoms with Gasteiger partial charge in [0.1, 0.15) is 41.1 Å². The molecule has 62 heavy (non-hydrogen) atoms. The average Bonchev–Trinajstić information content (AvgIpc) is 3.18. The minimum absolute atomic E-state index is 0. The van der Waals surface area contributed by atoms with Gasteiger partial charge in [0.25, 0.3) is 0 Å². The van der Waals surface area contributed by atoms with Gasteiger partial charge in [0.2, 0.25) is 10.0 Å². The van der Waals surface area contributed by atoms with Gasteiger partial charge >= 0.3 is 31.2 Å². The van der Waals surface area contributed by atoms with Crippen LogP contribution in [0.15, 0.2) is 128 Å². The van der Waals surface area contributed by atoms with Crippen LogP contribution in [0, 0.1) is 0 Å². The Morgan fingerprint density at radius 2 is 1.00 bits per heavy atom. The predicted molar refractivity (Wildman–Crippen MR) is 222 cm³/mol. The fourth-order valence-corrected chi connectivity index (χ4v) is 8.53. The molecule has 0 aliphatic rings. The minimum Gasteiger partial charge on any atom is -0.506 e. The highest BCUT2D eigenvalue weighted by Gasteiger charge is 2.53. The summed E-state index contributed by atoms with van der Waals surface area (Å²) in [5, 5.41) is 10.8. The molecule has 5 N–H and O–H groups in total. The summed E-state index contributed by atoms with van der Waals surface area (Å²) in [6, 6.07) is 30.4. The molecular formula is C38H33F6N7O8S3.